The zero-order chi connectivity index (χ0) is 11.6. The molecule has 0 aromatic carbocycles. The molecule has 4 nitrogen and oxygen atoms in total. The molecule has 0 spiro atoms. The largest absolute Gasteiger partial charge is 0.448 e. The highest BCUT2D eigenvalue weighted by Gasteiger charge is 2.20. The molecule has 6 heteroatoms. The molecule has 1 rings (SSSR count). The van der Waals surface area contributed by atoms with Crippen molar-refractivity contribution in [2.24, 2.45) is 5.73 Å². The zero-order valence-electron chi connectivity index (χ0n) is 8.24. The van der Waals surface area contributed by atoms with Crippen LogP contribution < -0.4 is 5.73 Å². The van der Waals surface area contributed by atoms with Crippen molar-refractivity contribution >= 4 is 39.1 Å². The summed E-state index contributed by atoms with van der Waals surface area (Å²) in [6, 6.07) is 0. The van der Waals surface area contributed by atoms with E-state index in [4.69, 9.17) is 10.5 Å². The maximum atomic E-state index is 11.5. The van der Waals surface area contributed by atoms with Gasteiger partial charge in [-0.2, -0.15) is 0 Å². The Morgan fingerprint density at radius 2 is 2.20 bits per heavy atom. The first-order chi connectivity index (χ1) is 6.93. The highest BCUT2D eigenvalue weighted by atomic mass is 79.9. The molecular weight excluding hydrogens is 282 g/mol. The van der Waals surface area contributed by atoms with Crippen LogP contribution in [-0.2, 0) is 9.53 Å². The minimum atomic E-state index is -0.910. The lowest BCUT2D eigenvalue weighted by Gasteiger charge is -2.08. The molecule has 0 fully saturated rings. The molecule has 2 N–H and O–H groups in total. The van der Waals surface area contributed by atoms with Crippen LogP contribution in [0, 0.1) is 6.92 Å². The molecule has 1 aromatic heterocycles. The number of halogens is 1. The summed E-state index contributed by atoms with van der Waals surface area (Å²) in [5, 5.41) is 1.83. The maximum Gasteiger partial charge on any atom is 0.350 e. The number of ether oxygens (including phenoxy) is 1. The Balaban J connectivity index is 2.78. The Bertz CT molecular complexity index is 402. The SMILES string of the molecule is Cc1csc(C(=O)OC(C)C(N)=O)c1Br. The van der Waals surface area contributed by atoms with Crippen molar-refractivity contribution in [2.75, 3.05) is 0 Å². The molecule has 0 aliphatic heterocycles. The van der Waals surface area contributed by atoms with Crippen LogP contribution in [0.25, 0.3) is 0 Å². The van der Waals surface area contributed by atoms with Gasteiger partial charge in [0.1, 0.15) is 4.88 Å². The van der Waals surface area contributed by atoms with E-state index in [9.17, 15) is 9.59 Å². The molecule has 1 amide bonds. The molecule has 1 atom stereocenters. The van der Waals surface area contributed by atoms with Crippen molar-refractivity contribution in [3.8, 4) is 0 Å². The topological polar surface area (TPSA) is 69.4 Å². The van der Waals surface area contributed by atoms with Gasteiger partial charge in [-0.05, 0) is 40.7 Å². The van der Waals surface area contributed by atoms with Crippen molar-refractivity contribution in [3.63, 3.8) is 0 Å². The zero-order valence-corrected chi connectivity index (χ0v) is 10.6. The van der Waals surface area contributed by atoms with Crippen LogP contribution in [-0.4, -0.2) is 18.0 Å². The van der Waals surface area contributed by atoms with Gasteiger partial charge < -0.3 is 10.5 Å². The summed E-state index contributed by atoms with van der Waals surface area (Å²) in [4.78, 5) is 22.7. The number of esters is 1. The van der Waals surface area contributed by atoms with Gasteiger partial charge in [0.2, 0.25) is 0 Å². The number of rotatable bonds is 3. The van der Waals surface area contributed by atoms with E-state index in [-0.39, 0.29) is 0 Å². The number of hydrogen-bond donors (Lipinski definition) is 1. The van der Waals surface area contributed by atoms with Gasteiger partial charge in [-0.1, -0.05) is 0 Å². The van der Waals surface area contributed by atoms with Gasteiger partial charge in [0.05, 0.1) is 0 Å². The molecule has 0 bridgehead atoms. The van der Waals surface area contributed by atoms with Crippen molar-refractivity contribution < 1.29 is 14.3 Å². The summed E-state index contributed by atoms with van der Waals surface area (Å²) in [6.45, 7) is 3.31. The van der Waals surface area contributed by atoms with Crippen LogP contribution in [0.5, 0.6) is 0 Å². The predicted octanol–water partition coefficient (Wildman–Crippen LogP) is 1.85. The maximum absolute atomic E-state index is 11.5. The molecule has 0 aliphatic rings. The number of aryl methyl sites for hydroxylation is 1. The lowest BCUT2D eigenvalue weighted by molar-refractivity contribution is -0.125. The number of primary amides is 1. The van der Waals surface area contributed by atoms with Crippen LogP contribution in [0.2, 0.25) is 0 Å². The van der Waals surface area contributed by atoms with E-state index in [1.54, 1.807) is 0 Å². The van der Waals surface area contributed by atoms with E-state index in [0.29, 0.717) is 9.35 Å². The van der Waals surface area contributed by atoms with Gasteiger partial charge in [-0.3, -0.25) is 4.79 Å². The van der Waals surface area contributed by atoms with Crippen LogP contribution in [0.1, 0.15) is 22.2 Å². The first kappa shape index (κ1) is 12.2. The fraction of sp³-hybridized carbons (Fsp3) is 0.333. The summed E-state index contributed by atoms with van der Waals surface area (Å²) in [7, 11) is 0. The van der Waals surface area contributed by atoms with Crippen LogP contribution in [0.15, 0.2) is 9.85 Å². The summed E-state index contributed by atoms with van der Waals surface area (Å²) in [6.07, 6.45) is -0.910. The van der Waals surface area contributed by atoms with Gasteiger partial charge >= 0.3 is 5.97 Å². The molecule has 0 saturated carbocycles. The number of thiophene rings is 1. The van der Waals surface area contributed by atoms with Crippen LogP contribution in [0.3, 0.4) is 0 Å². The standard InChI is InChI=1S/C9H10BrNO3S/c1-4-3-15-7(6(4)10)9(13)14-5(2)8(11)12/h3,5H,1-2H3,(H2,11,12). The Kier molecular flexibility index (Phi) is 3.87. The van der Waals surface area contributed by atoms with E-state index in [0.717, 1.165) is 5.56 Å². The number of amides is 1. The molecule has 82 valence electrons. The van der Waals surface area contributed by atoms with Gasteiger partial charge in [0, 0.05) is 4.47 Å². The van der Waals surface area contributed by atoms with E-state index in [1.807, 2.05) is 12.3 Å². The van der Waals surface area contributed by atoms with Gasteiger partial charge in [0.25, 0.3) is 5.91 Å². The van der Waals surface area contributed by atoms with Crippen LogP contribution in [0.4, 0.5) is 0 Å². The Labute approximate surface area is 99.5 Å². The van der Waals surface area contributed by atoms with Crippen molar-refractivity contribution in [1.29, 1.82) is 0 Å². The molecule has 1 heterocycles. The summed E-state index contributed by atoms with van der Waals surface area (Å²) in [5.74, 6) is -1.20. The molecule has 1 aromatic rings. The molecular formula is C9H10BrNO3S. The van der Waals surface area contributed by atoms with Gasteiger partial charge in [-0.25, -0.2) is 4.79 Å². The lowest BCUT2D eigenvalue weighted by atomic mass is 10.3. The van der Waals surface area contributed by atoms with Crippen molar-refractivity contribution in [2.45, 2.75) is 20.0 Å². The normalized spacial score (nSPS) is 12.2. The van der Waals surface area contributed by atoms with Gasteiger partial charge in [-0.15, -0.1) is 11.3 Å². The van der Waals surface area contributed by atoms with E-state index in [1.165, 1.54) is 18.3 Å². The Morgan fingerprint density at radius 1 is 1.60 bits per heavy atom. The molecule has 15 heavy (non-hydrogen) atoms. The Morgan fingerprint density at radius 3 is 2.60 bits per heavy atom. The second-order valence-electron chi connectivity index (χ2n) is 3.01. The third kappa shape index (κ3) is 2.79. The average molecular weight is 292 g/mol. The molecule has 0 aliphatic carbocycles. The molecule has 1 unspecified atom stereocenters. The number of hydrogen-bond acceptors (Lipinski definition) is 4. The second kappa shape index (κ2) is 4.76. The van der Waals surface area contributed by atoms with E-state index in [2.05, 4.69) is 15.9 Å². The smallest absolute Gasteiger partial charge is 0.350 e. The first-order valence-corrected chi connectivity index (χ1v) is 5.84. The van der Waals surface area contributed by atoms with Crippen molar-refractivity contribution in [1.82, 2.24) is 0 Å². The van der Waals surface area contributed by atoms with Gasteiger partial charge in [0.15, 0.2) is 6.10 Å². The van der Waals surface area contributed by atoms with Crippen LogP contribution >= 0.6 is 27.3 Å². The lowest BCUT2D eigenvalue weighted by Crippen LogP contribution is -2.30. The monoisotopic (exact) mass is 291 g/mol. The minimum Gasteiger partial charge on any atom is -0.448 e. The highest BCUT2D eigenvalue weighted by molar-refractivity contribution is 9.10. The average Bonchev–Trinajstić information content (AvgIpc) is 2.47. The number of nitrogens with two attached hydrogens (primary N) is 1. The summed E-state index contributed by atoms with van der Waals surface area (Å²) < 4.78 is 5.56. The van der Waals surface area contributed by atoms with Crippen molar-refractivity contribution in [3.05, 3.63) is 20.3 Å². The predicted molar refractivity (Wildman–Crippen MR) is 60.8 cm³/mol. The quantitative estimate of drug-likeness (QED) is 0.864. The minimum absolute atomic E-state index is 0.445. The third-order valence-electron chi connectivity index (χ3n) is 1.77. The highest BCUT2D eigenvalue weighted by Crippen LogP contribution is 2.28. The summed E-state index contributed by atoms with van der Waals surface area (Å²) >= 11 is 4.54. The fourth-order valence-electron chi connectivity index (χ4n) is 0.840. The fourth-order valence-corrected chi connectivity index (χ4v) is 2.37. The second-order valence-corrected chi connectivity index (χ2v) is 4.68. The first-order valence-electron chi connectivity index (χ1n) is 4.17. The molecule has 0 saturated heterocycles. The third-order valence-corrected chi connectivity index (χ3v) is 4.13. The molecule has 0 radical (unpaired) electrons. The number of carbonyl (C=O) groups excluding carboxylic acids is 2. The van der Waals surface area contributed by atoms with E-state index >= 15 is 0 Å². The van der Waals surface area contributed by atoms with E-state index < -0.39 is 18.0 Å². The number of carbonyl (C=O) groups is 2. The Hall–Kier alpha value is -0.880. The summed E-state index contributed by atoms with van der Waals surface area (Å²) in [5.41, 5.74) is 5.94.